The monoisotopic (exact) mass is 261 g/mol. The zero-order valence-corrected chi connectivity index (χ0v) is 11.7. The van der Waals surface area contributed by atoms with Gasteiger partial charge in [-0.3, -0.25) is 0 Å². The molecule has 3 N–H and O–H groups in total. The van der Waals surface area contributed by atoms with Gasteiger partial charge in [0.1, 0.15) is 0 Å². The molecule has 1 aliphatic rings. The van der Waals surface area contributed by atoms with E-state index in [1.807, 2.05) is 43.0 Å². The lowest BCUT2D eigenvalue weighted by atomic mass is 10.1. The summed E-state index contributed by atoms with van der Waals surface area (Å²) >= 11 is 0. The number of urea groups is 1. The predicted octanol–water partition coefficient (Wildman–Crippen LogP) is 2.97. The van der Waals surface area contributed by atoms with Gasteiger partial charge in [0.05, 0.1) is 0 Å². The second-order valence-corrected chi connectivity index (χ2v) is 5.33. The highest BCUT2D eigenvalue weighted by molar-refractivity contribution is 5.89. The van der Waals surface area contributed by atoms with Crippen LogP contribution in [0.5, 0.6) is 0 Å². The Morgan fingerprint density at radius 1 is 1.53 bits per heavy atom. The van der Waals surface area contributed by atoms with E-state index in [2.05, 4.69) is 5.32 Å². The van der Waals surface area contributed by atoms with Gasteiger partial charge >= 0.3 is 6.03 Å². The van der Waals surface area contributed by atoms with Crippen molar-refractivity contribution in [1.29, 1.82) is 0 Å². The third-order valence-electron chi connectivity index (χ3n) is 3.51. The van der Waals surface area contributed by atoms with E-state index in [-0.39, 0.29) is 12.1 Å². The van der Waals surface area contributed by atoms with Crippen LogP contribution >= 0.6 is 0 Å². The van der Waals surface area contributed by atoms with Crippen LogP contribution in [0, 0.1) is 5.92 Å². The van der Waals surface area contributed by atoms with Gasteiger partial charge in [-0.15, -0.1) is 0 Å². The maximum absolute atomic E-state index is 12.2. The van der Waals surface area contributed by atoms with E-state index in [9.17, 15) is 4.79 Å². The van der Waals surface area contributed by atoms with Crippen molar-refractivity contribution in [3.8, 4) is 0 Å². The maximum atomic E-state index is 12.2. The number of nitrogens with zero attached hydrogens (tertiary/aromatic N) is 1. The van der Waals surface area contributed by atoms with Gasteiger partial charge in [-0.05, 0) is 50.3 Å². The summed E-state index contributed by atoms with van der Waals surface area (Å²) in [4.78, 5) is 14.0. The highest BCUT2D eigenvalue weighted by Crippen LogP contribution is 2.29. The second kappa shape index (κ2) is 6.06. The molecule has 19 heavy (non-hydrogen) atoms. The number of carbonyl (C=O) groups is 1. The molecule has 0 heterocycles. The Bertz CT molecular complexity index is 441. The van der Waals surface area contributed by atoms with Gasteiger partial charge in [-0.25, -0.2) is 4.79 Å². The summed E-state index contributed by atoms with van der Waals surface area (Å²) in [7, 11) is 0. The SMILES string of the molecule is CCN(CC1CC1)C(=O)Nc1cccc(C(C)N)c1. The molecule has 1 aliphatic carbocycles. The number of rotatable bonds is 5. The van der Waals surface area contributed by atoms with E-state index in [1.165, 1.54) is 12.8 Å². The Morgan fingerprint density at radius 2 is 2.26 bits per heavy atom. The summed E-state index contributed by atoms with van der Waals surface area (Å²) in [6.45, 7) is 5.57. The number of carbonyl (C=O) groups excluding carboxylic acids is 1. The Balaban J connectivity index is 1.98. The van der Waals surface area contributed by atoms with Crippen LogP contribution < -0.4 is 11.1 Å². The molecule has 0 saturated heterocycles. The molecule has 104 valence electrons. The topological polar surface area (TPSA) is 58.4 Å². The predicted molar refractivity (Wildman–Crippen MR) is 78.0 cm³/mol. The molecule has 1 unspecified atom stereocenters. The van der Waals surface area contributed by atoms with E-state index in [1.54, 1.807) is 0 Å². The minimum absolute atomic E-state index is 0.0174. The average Bonchev–Trinajstić information content (AvgIpc) is 3.20. The molecule has 0 bridgehead atoms. The van der Waals surface area contributed by atoms with Crippen molar-refractivity contribution in [2.24, 2.45) is 11.7 Å². The molecule has 2 amide bonds. The lowest BCUT2D eigenvalue weighted by molar-refractivity contribution is 0.212. The first-order chi connectivity index (χ1) is 9.10. The fourth-order valence-electron chi connectivity index (χ4n) is 2.07. The quantitative estimate of drug-likeness (QED) is 0.856. The van der Waals surface area contributed by atoms with Crippen LogP contribution in [0.25, 0.3) is 0 Å². The number of amides is 2. The van der Waals surface area contributed by atoms with Crippen molar-refractivity contribution in [3.05, 3.63) is 29.8 Å². The van der Waals surface area contributed by atoms with Crippen molar-refractivity contribution >= 4 is 11.7 Å². The Labute approximate surface area is 115 Å². The first-order valence-corrected chi connectivity index (χ1v) is 7.01. The number of nitrogens with two attached hydrogens (primary N) is 1. The molecular weight excluding hydrogens is 238 g/mol. The minimum atomic E-state index is -0.0226. The van der Waals surface area contributed by atoms with Gasteiger partial charge in [-0.2, -0.15) is 0 Å². The second-order valence-electron chi connectivity index (χ2n) is 5.33. The molecule has 1 atom stereocenters. The molecule has 2 rings (SSSR count). The normalized spacial score (nSPS) is 15.9. The van der Waals surface area contributed by atoms with Gasteiger partial charge in [0.2, 0.25) is 0 Å². The zero-order valence-electron chi connectivity index (χ0n) is 11.7. The molecule has 1 aromatic carbocycles. The number of hydrogen-bond acceptors (Lipinski definition) is 2. The minimum Gasteiger partial charge on any atom is -0.325 e. The van der Waals surface area contributed by atoms with Gasteiger partial charge in [0.15, 0.2) is 0 Å². The van der Waals surface area contributed by atoms with E-state index in [4.69, 9.17) is 5.73 Å². The summed E-state index contributed by atoms with van der Waals surface area (Å²) in [5.74, 6) is 0.709. The first kappa shape index (κ1) is 13.9. The van der Waals surface area contributed by atoms with Crippen molar-refractivity contribution in [1.82, 2.24) is 4.90 Å². The van der Waals surface area contributed by atoms with Crippen LogP contribution in [0.3, 0.4) is 0 Å². The number of benzene rings is 1. The van der Waals surface area contributed by atoms with E-state index >= 15 is 0 Å². The molecule has 0 radical (unpaired) electrons. The molecule has 0 aromatic heterocycles. The Morgan fingerprint density at radius 3 is 2.84 bits per heavy atom. The van der Waals surface area contributed by atoms with Gasteiger partial charge < -0.3 is 16.0 Å². The molecule has 0 aliphatic heterocycles. The van der Waals surface area contributed by atoms with Crippen LogP contribution in [0.4, 0.5) is 10.5 Å². The average molecular weight is 261 g/mol. The first-order valence-electron chi connectivity index (χ1n) is 7.01. The van der Waals surface area contributed by atoms with Crippen LogP contribution in [-0.2, 0) is 0 Å². The molecule has 4 heteroatoms. The molecular formula is C15H23N3O. The van der Waals surface area contributed by atoms with Crippen molar-refractivity contribution < 1.29 is 4.79 Å². The fraction of sp³-hybridized carbons (Fsp3) is 0.533. The number of anilines is 1. The highest BCUT2D eigenvalue weighted by atomic mass is 16.2. The third kappa shape index (κ3) is 3.96. The standard InChI is InChI=1S/C15H23N3O/c1-3-18(10-12-7-8-12)15(19)17-14-6-4-5-13(9-14)11(2)16/h4-6,9,11-12H,3,7-8,10,16H2,1-2H3,(H,17,19). The smallest absolute Gasteiger partial charge is 0.321 e. The van der Waals surface area contributed by atoms with Gasteiger partial charge in [-0.1, -0.05) is 12.1 Å². The lowest BCUT2D eigenvalue weighted by Crippen LogP contribution is -2.36. The largest absolute Gasteiger partial charge is 0.325 e. The molecule has 1 fully saturated rings. The maximum Gasteiger partial charge on any atom is 0.321 e. The highest BCUT2D eigenvalue weighted by Gasteiger charge is 2.25. The Hall–Kier alpha value is -1.55. The van der Waals surface area contributed by atoms with Crippen molar-refractivity contribution in [2.75, 3.05) is 18.4 Å². The van der Waals surface area contributed by atoms with Gasteiger partial charge in [0.25, 0.3) is 0 Å². The van der Waals surface area contributed by atoms with Gasteiger partial charge in [0, 0.05) is 24.8 Å². The summed E-state index contributed by atoms with van der Waals surface area (Å²) in [5, 5.41) is 2.95. The third-order valence-corrected chi connectivity index (χ3v) is 3.51. The lowest BCUT2D eigenvalue weighted by Gasteiger charge is -2.21. The van der Waals surface area contributed by atoms with Crippen LogP contribution in [0.1, 0.15) is 38.3 Å². The van der Waals surface area contributed by atoms with Crippen LogP contribution in [0.2, 0.25) is 0 Å². The van der Waals surface area contributed by atoms with Crippen molar-refractivity contribution in [3.63, 3.8) is 0 Å². The Kier molecular flexibility index (Phi) is 4.43. The summed E-state index contributed by atoms with van der Waals surface area (Å²) in [6, 6.07) is 7.69. The molecule has 4 nitrogen and oxygen atoms in total. The van der Waals surface area contributed by atoms with Crippen LogP contribution in [0.15, 0.2) is 24.3 Å². The summed E-state index contributed by atoms with van der Waals surface area (Å²) in [6.07, 6.45) is 2.51. The zero-order chi connectivity index (χ0) is 13.8. The summed E-state index contributed by atoms with van der Waals surface area (Å²) in [5.41, 5.74) is 7.69. The molecule has 1 aromatic rings. The fourth-order valence-corrected chi connectivity index (χ4v) is 2.07. The van der Waals surface area contributed by atoms with E-state index in [0.29, 0.717) is 5.92 Å². The number of hydrogen-bond donors (Lipinski definition) is 2. The van der Waals surface area contributed by atoms with Crippen LogP contribution in [-0.4, -0.2) is 24.0 Å². The number of nitrogens with one attached hydrogen (secondary N) is 1. The molecule has 1 saturated carbocycles. The molecule has 0 spiro atoms. The van der Waals surface area contributed by atoms with E-state index in [0.717, 1.165) is 24.3 Å². The van der Waals surface area contributed by atoms with E-state index < -0.39 is 0 Å². The van der Waals surface area contributed by atoms with Crippen molar-refractivity contribution in [2.45, 2.75) is 32.7 Å². The summed E-state index contributed by atoms with van der Waals surface area (Å²) < 4.78 is 0.